The van der Waals surface area contributed by atoms with Gasteiger partial charge < -0.3 is 2.85 Å². The molecule has 3 nitrogen and oxygen atoms in total. The fourth-order valence-corrected chi connectivity index (χ4v) is 4.31. The summed E-state index contributed by atoms with van der Waals surface area (Å²) >= 11 is 0. The van der Waals surface area contributed by atoms with Crippen LogP contribution in [0.5, 0.6) is 0 Å². The minimum atomic E-state index is -4.13. The van der Waals surface area contributed by atoms with Gasteiger partial charge in [-0.15, -0.1) is 0 Å². The van der Waals surface area contributed by atoms with Gasteiger partial charge in [0.2, 0.25) is 0 Å². The van der Waals surface area contributed by atoms with Crippen LogP contribution in [0, 0.1) is 0 Å². The second-order valence-electron chi connectivity index (χ2n) is 6.47. The van der Waals surface area contributed by atoms with Gasteiger partial charge in [0.05, 0.1) is 4.90 Å². The molecular formula is C18H30CaO3S. The zero-order valence-corrected chi connectivity index (χ0v) is 17.1. The van der Waals surface area contributed by atoms with Crippen LogP contribution in [0.2, 0.25) is 0 Å². The number of benzene rings is 1. The predicted molar refractivity (Wildman–Crippen MR) is 97.8 cm³/mol. The molecule has 0 bridgehead atoms. The molecule has 1 aliphatic carbocycles. The van der Waals surface area contributed by atoms with Crippen LogP contribution < -0.4 is 0 Å². The summed E-state index contributed by atoms with van der Waals surface area (Å²) < 4.78 is 32.7. The normalized spacial score (nSPS) is 19.2. The van der Waals surface area contributed by atoms with Crippen LogP contribution in [0.25, 0.3) is 0 Å². The van der Waals surface area contributed by atoms with Crippen LogP contribution in [0.4, 0.5) is 0 Å². The minimum absolute atomic E-state index is 0. The molecule has 0 amide bonds. The Hall–Kier alpha value is 0.390. The third-order valence-corrected chi connectivity index (χ3v) is 5.67. The van der Waals surface area contributed by atoms with Crippen LogP contribution >= 0.6 is 0 Å². The summed E-state index contributed by atoms with van der Waals surface area (Å²) in [6.07, 6.45) is 13.4. The Balaban J connectivity index is 0. The first-order valence-electron chi connectivity index (χ1n) is 8.65. The van der Waals surface area contributed by atoms with Crippen molar-refractivity contribution in [2.24, 2.45) is 0 Å². The quantitative estimate of drug-likeness (QED) is 0.580. The van der Waals surface area contributed by atoms with Crippen LogP contribution in [-0.2, 0) is 10.1 Å². The van der Waals surface area contributed by atoms with Crippen LogP contribution in [0.1, 0.15) is 85.0 Å². The summed E-state index contributed by atoms with van der Waals surface area (Å²) in [5.41, 5.74) is 0.807. The molecule has 0 aromatic heterocycles. The zero-order valence-electron chi connectivity index (χ0n) is 16.0. The SMILES string of the molecule is O=S(=O)(O)c1ccccc1C1CCCCCCCCCCC1.[Ca+2].[H-].[H-]. The molecule has 0 aliphatic heterocycles. The summed E-state index contributed by atoms with van der Waals surface area (Å²) in [6, 6.07) is 6.96. The van der Waals surface area contributed by atoms with Crippen LogP contribution in [0.3, 0.4) is 0 Å². The van der Waals surface area contributed by atoms with Crippen molar-refractivity contribution in [1.29, 1.82) is 0 Å². The van der Waals surface area contributed by atoms with Gasteiger partial charge >= 0.3 is 37.7 Å². The maximum atomic E-state index is 11.6. The van der Waals surface area contributed by atoms with Gasteiger partial charge in [0.15, 0.2) is 0 Å². The first-order chi connectivity index (χ1) is 10.6. The van der Waals surface area contributed by atoms with E-state index in [1.165, 1.54) is 51.0 Å². The van der Waals surface area contributed by atoms with Crippen molar-refractivity contribution in [3.05, 3.63) is 29.8 Å². The predicted octanol–water partition coefficient (Wildman–Crippen LogP) is 5.17. The fraction of sp³-hybridized carbons (Fsp3) is 0.667. The van der Waals surface area contributed by atoms with Gasteiger partial charge in [-0.25, -0.2) is 0 Å². The number of hydrogen-bond donors (Lipinski definition) is 1. The number of rotatable bonds is 2. The molecule has 1 N–H and O–H groups in total. The second-order valence-corrected chi connectivity index (χ2v) is 7.86. The zero-order chi connectivity index (χ0) is 15.8. The smallest absolute Gasteiger partial charge is 1.00 e. The molecule has 5 heteroatoms. The van der Waals surface area contributed by atoms with Crippen molar-refractivity contribution < 1.29 is 15.8 Å². The van der Waals surface area contributed by atoms with E-state index in [-0.39, 0.29) is 51.4 Å². The van der Waals surface area contributed by atoms with E-state index in [4.69, 9.17) is 0 Å². The molecule has 0 atom stereocenters. The van der Waals surface area contributed by atoms with Gasteiger partial charge in [-0.05, 0) is 30.4 Å². The molecule has 1 saturated carbocycles. The first-order valence-corrected chi connectivity index (χ1v) is 10.1. The Labute approximate surface area is 174 Å². The molecule has 0 radical (unpaired) electrons. The van der Waals surface area contributed by atoms with E-state index in [9.17, 15) is 13.0 Å². The molecule has 1 aromatic carbocycles. The summed E-state index contributed by atoms with van der Waals surface area (Å²) in [5.74, 6) is 0.248. The van der Waals surface area contributed by atoms with Gasteiger partial charge in [-0.1, -0.05) is 76.0 Å². The van der Waals surface area contributed by atoms with E-state index >= 15 is 0 Å². The Kier molecular flexibility index (Phi) is 10.3. The van der Waals surface area contributed by atoms with E-state index < -0.39 is 10.1 Å². The van der Waals surface area contributed by atoms with Crippen LogP contribution in [-0.4, -0.2) is 50.7 Å². The van der Waals surface area contributed by atoms with E-state index in [0.717, 1.165) is 31.2 Å². The van der Waals surface area contributed by atoms with Crippen molar-refractivity contribution in [2.75, 3.05) is 0 Å². The fourth-order valence-electron chi connectivity index (χ4n) is 3.53. The van der Waals surface area contributed by atoms with E-state index in [0.29, 0.717) is 0 Å². The molecule has 23 heavy (non-hydrogen) atoms. The maximum absolute atomic E-state index is 11.6. The van der Waals surface area contributed by atoms with E-state index in [2.05, 4.69) is 0 Å². The Bertz CT molecular complexity index is 555. The van der Waals surface area contributed by atoms with Gasteiger partial charge in [0.1, 0.15) is 0 Å². The largest absolute Gasteiger partial charge is 2.00 e. The summed E-state index contributed by atoms with van der Waals surface area (Å²) in [6.45, 7) is 0. The topological polar surface area (TPSA) is 54.4 Å². The minimum Gasteiger partial charge on any atom is -1.00 e. The van der Waals surface area contributed by atoms with Gasteiger partial charge in [0, 0.05) is 0 Å². The monoisotopic (exact) mass is 366 g/mol. The molecule has 1 aliphatic rings. The third-order valence-electron chi connectivity index (χ3n) is 4.74. The van der Waals surface area contributed by atoms with Gasteiger partial charge in [0.25, 0.3) is 10.1 Å². The molecule has 0 unspecified atom stereocenters. The molecule has 0 heterocycles. The Morgan fingerprint density at radius 1 is 0.826 bits per heavy atom. The molecular weight excluding hydrogens is 336 g/mol. The maximum Gasteiger partial charge on any atom is 2.00 e. The average molecular weight is 367 g/mol. The van der Waals surface area contributed by atoms with Crippen molar-refractivity contribution in [1.82, 2.24) is 0 Å². The third kappa shape index (κ3) is 7.43. The molecule has 1 aromatic rings. The second kappa shape index (κ2) is 11.1. The summed E-state index contributed by atoms with van der Waals surface area (Å²) in [7, 11) is -4.13. The average Bonchev–Trinajstić information content (AvgIpc) is 2.47. The van der Waals surface area contributed by atoms with E-state index in [1.54, 1.807) is 6.07 Å². The Morgan fingerprint density at radius 2 is 1.26 bits per heavy atom. The van der Waals surface area contributed by atoms with Crippen molar-refractivity contribution in [3.63, 3.8) is 0 Å². The molecule has 128 valence electrons. The molecule has 2 rings (SSSR count). The number of hydrogen-bond acceptors (Lipinski definition) is 2. The Morgan fingerprint density at radius 3 is 1.74 bits per heavy atom. The van der Waals surface area contributed by atoms with Crippen molar-refractivity contribution in [3.8, 4) is 0 Å². The molecule has 0 spiro atoms. The molecule has 0 saturated heterocycles. The van der Waals surface area contributed by atoms with Gasteiger partial charge in [-0.2, -0.15) is 8.42 Å². The summed E-state index contributed by atoms with van der Waals surface area (Å²) in [4.78, 5) is 0.104. The van der Waals surface area contributed by atoms with Crippen LogP contribution in [0.15, 0.2) is 29.2 Å². The standard InChI is InChI=1S/C18H28O3S.Ca.2H/c19-22(20,21)18-15-11-10-14-17(18)16-12-8-6-4-2-1-3-5-7-9-13-16;;;/h10-11,14-16H,1-9,12-13H2,(H,19,20,21);;;/q;+2;2*-1. The summed E-state index contributed by atoms with van der Waals surface area (Å²) in [5, 5.41) is 0. The molecule has 1 fully saturated rings. The first kappa shape index (κ1) is 21.4. The van der Waals surface area contributed by atoms with Crippen molar-refractivity contribution in [2.45, 2.75) is 81.4 Å². The van der Waals surface area contributed by atoms with Crippen molar-refractivity contribution >= 4 is 47.9 Å². The van der Waals surface area contributed by atoms with Gasteiger partial charge in [-0.3, -0.25) is 4.55 Å². The van der Waals surface area contributed by atoms with E-state index in [1.807, 2.05) is 12.1 Å².